The second-order valence-corrected chi connectivity index (χ2v) is 5.28. The molecule has 0 fully saturated rings. The second-order valence-electron chi connectivity index (χ2n) is 3.52. The van der Waals surface area contributed by atoms with Crippen LogP contribution in [0.15, 0.2) is 17.0 Å². The lowest BCUT2D eigenvalue weighted by atomic mass is 10.2. The van der Waals surface area contributed by atoms with E-state index in [1.165, 1.54) is 22.7 Å². The van der Waals surface area contributed by atoms with E-state index in [1.54, 1.807) is 11.6 Å². The van der Waals surface area contributed by atoms with Crippen LogP contribution >= 0.6 is 22.7 Å². The first-order valence-electron chi connectivity index (χ1n) is 4.83. The first-order valence-corrected chi connectivity index (χ1v) is 6.59. The van der Waals surface area contributed by atoms with Crippen molar-refractivity contribution in [2.24, 2.45) is 0 Å². The number of anilines is 1. The number of nitrogens with one attached hydrogen (secondary N) is 1. The van der Waals surface area contributed by atoms with E-state index in [9.17, 15) is 4.79 Å². The maximum Gasteiger partial charge on any atom is 0.286 e. The Hall–Kier alpha value is -1.27. The van der Waals surface area contributed by atoms with Crippen molar-refractivity contribution >= 4 is 33.7 Å². The third-order valence-electron chi connectivity index (χ3n) is 1.96. The van der Waals surface area contributed by atoms with Gasteiger partial charge >= 0.3 is 0 Å². The molecule has 0 radical (unpaired) electrons. The molecule has 0 aromatic carbocycles. The van der Waals surface area contributed by atoms with E-state index >= 15 is 0 Å². The molecule has 0 saturated heterocycles. The van der Waals surface area contributed by atoms with Crippen molar-refractivity contribution in [3.8, 4) is 0 Å². The summed E-state index contributed by atoms with van der Waals surface area (Å²) < 4.78 is 0. The molecule has 6 heteroatoms. The van der Waals surface area contributed by atoms with Gasteiger partial charge in [0.15, 0.2) is 10.1 Å². The number of carbonyl (C=O) groups excluding carboxylic acids is 1. The van der Waals surface area contributed by atoms with E-state index < -0.39 is 0 Å². The van der Waals surface area contributed by atoms with E-state index in [-0.39, 0.29) is 5.91 Å². The molecule has 1 N–H and O–H groups in total. The number of hydrogen-bond donors (Lipinski definition) is 1. The van der Waals surface area contributed by atoms with Crippen molar-refractivity contribution in [1.82, 2.24) is 9.97 Å². The van der Waals surface area contributed by atoms with Crippen molar-refractivity contribution in [3.63, 3.8) is 0 Å². The van der Waals surface area contributed by atoms with Crippen LogP contribution in [0.25, 0.3) is 0 Å². The average molecular weight is 253 g/mol. The minimum Gasteiger partial charge on any atom is -0.296 e. The van der Waals surface area contributed by atoms with Crippen molar-refractivity contribution in [1.29, 1.82) is 0 Å². The van der Waals surface area contributed by atoms with Crippen LogP contribution in [0.3, 0.4) is 0 Å². The lowest BCUT2D eigenvalue weighted by molar-refractivity contribution is 0.102. The summed E-state index contributed by atoms with van der Waals surface area (Å²) in [5, 5.41) is 7.56. The average Bonchev–Trinajstić information content (AvgIpc) is 2.87. The highest BCUT2D eigenvalue weighted by molar-refractivity contribution is 7.14. The summed E-state index contributed by atoms with van der Waals surface area (Å²) in [5.41, 5.74) is 0.999. The fraction of sp³-hybridized carbons (Fsp3) is 0.300. The van der Waals surface area contributed by atoms with Crippen molar-refractivity contribution in [2.75, 3.05) is 5.32 Å². The highest BCUT2D eigenvalue weighted by Gasteiger charge is 2.11. The predicted octanol–water partition coefficient (Wildman–Crippen LogP) is 2.98. The zero-order valence-corrected chi connectivity index (χ0v) is 10.6. The number of amides is 1. The van der Waals surface area contributed by atoms with Crippen LogP contribution in [-0.2, 0) is 0 Å². The second kappa shape index (κ2) is 4.71. The third kappa shape index (κ3) is 2.45. The van der Waals surface area contributed by atoms with Crippen molar-refractivity contribution in [3.05, 3.63) is 27.7 Å². The smallest absolute Gasteiger partial charge is 0.286 e. The number of thiazole rings is 2. The summed E-state index contributed by atoms with van der Waals surface area (Å²) in [6, 6.07) is 0. The Morgan fingerprint density at radius 2 is 2.25 bits per heavy atom. The molecule has 0 aliphatic rings. The van der Waals surface area contributed by atoms with Gasteiger partial charge in [-0.15, -0.1) is 22.7 Å². The minimum atomic E-state index is -0.195. The first-order chi connectivity index (χ1) is 7.66. The van der Waals surface area contributed by atoms with Gasteiger partial charge in [0.2, 0.25) is 0 Å². The molecule has 4 nitrogen and oxygen atoms in total. The van der Waals surface area contributed by atoms with Gasteiger partial charge in [-0.25, -0.2) is 9.97 Å². The molecule has 2 rings (SSSR count). The van der Waals surface area contributed by atoms with E-state index in [2.05, 4.69) is 29.1 Å². The standard InChI is InChI=1S/C10H11N3OS2/c1-6(2)7-5-16-10(12-7)13-8(14)9-11-3-4-15-9/h3-6H,1-2H3,(H,12,13,14). The summed E-state index contributed by atoms with van der Waals surface area (Å²) >= 11 is 2.75. The Labute approximate surface area is 101 Å². The largest absolute Gasteiger partial charge is 0.296 e. The van der Waals surface area contributed by atoms with Crippen LogP contribution in [0.1, 0.15) is 35.3 Å². The molecular weight excluding hydrogens is 242 g/mol. The maximum atomic E-state index is 11.7. The molecule has 2 heterocycles. The molecule has 1 amide bonds. The fourth-order valence-electron chi connectivity index (χ4n) is 1.09. The minimum absolute atomic E-state index is 0.195. The van der Waals surface area contributed by atoms with Crippen LogP contribution in [0.2, 0.25) is 0 Å². The summed E-state index contributed by atoms with van der Waals surface area (Å²) in [4.78, 5) is 19.9. The van der Waals surface area contributed by atoms with Gasteiger partial charge in [-0.2, -0.15) is 0 Å². The van der Waals surface area contributed by atoms with Crippen LogP contribution in [0.5, 0.6) is 0 Å². The number of nitrogens with zero attached hydrogens (tertiary/aromatic N) is 2. The summed E-state index contributed by atoms with van der Waals surface area (Å²) in [5.74, 6) is 0.182. The molecule has 0 aliphatic heterocycles. The van der Waals surface area contributed by atoms with Gasteiger partial charge in [0.05, 0.1) is 5.69 Å². The predicted molar refractivity (Wildman–Crippen MR) is 66.3 cm³/mol. The normalized spacial score (nSPS) is 10.7. The fourth-order valence-corrected chi connectivity index (χ4v) is 2.49. The lowest BCUT2D eigenvalue weighted by Gasteiger charge is -1.98. The molecular formula is C10H11N3OS2. The molecule has 0 spiro atoms. The summed E-state index contributed by atoms with van der Waals surface area (Å²) in [7, 11) is 0. The van der Waals surface area contributed by atoms with Crippen LogP contribution < -0.4 is 5.32 Å². The quantitative estimate of drug-likeness (QED) is 0.915. The van der Waals surface area contributed by atoms with Gasteiger partial charge in [-0.3, -0.25) is 10.1 Å². The highest BCUT2D eigenvalue weighted by atomic mass is 32.1. The van der Waals surface area contributed by atoms with Gasteiger partial charge in [-0.05, 0) is 5.92 Å². The number of hydrogen-bond acceptors (Lipinski definition) is 5. The number of aromatic nitrogens is 2. The van der Waals surface area contributed by atoms with E-state index in [0.29, 0.717) is 16.1 Å². The van der Waals surface area contributed by atoms with Crippen molar-refractivity contribution < 1.29 is 4.79 Å². The van der Waals surface area contributed by atoms with Crippen LogP contribution in [0, 0.1) is 0 Å². The maximum absolute atomic E-state index is 11.7. The zero-order valence-electron chi connectivity index (χ0n) is 8.93. The molecule has 0 bridgehead atoms. The molecule has 0 saturated carbocycles. The Bertz CT molecular complexity index is 476. The molecule has 16 heavy (non-hydrogen) atoms. The molecule has 84 valence electrons. The van der Waals surface area contributed by atoms with Crippen LogP contribution in [-0.4, -0.2) is 15.9 Å². The van der Waals surface area contributed by atoms with E-state index in [1.807, 2.05) is 5.38 Å². The number of rotatable bonds is 3. The number of carbonyl (C=O) groups is 1. The van der Waals surface area contributed by atoms with Crippen molar-refractivity contribution in [2.45, 2.75) is 19.8 Å². The Morgan fingerprint density at radius 1 is 1.44 bits per heavy atom. The molecule has 0 aliphatic carbocycles. The van der Waals surface area contributed by atoms with Gasteiger partial charge < -0.3 is 0 Å². The van der Waals surface area contributed by atoms with Gasteiger partial charge in [0, 0.05) is 17.0 Å². The lowest BCUT2D eigenvalue weighted by Crippen LogP contribution is -2.11. The molecule has 0 unspecified atom stereocenters. The Morgan fingerprint density at radius 3 is 2.81 bits per heavy atom. The van der Waals surface area contributed by atoms with E-state index in [4.69, 9.17) is 0 Å². The molecule has 0 atom stereocenters. The van der Waals surface area contributed by atoms with E-state index in [0.717, 1.165) is 5.69 Å². The third-order valence-corrected chi connectivity index (χ3v) is 3.51. The Balaban J connectivity index is 2.07. The molecule has 2 aromatic heterocycles. The van der Waals surface area contributed by atoms with Gasteiger partial charge in [-0.1, -0.05) is 13.8 Å². The van der Waals surface area contributed by atoms with Gasteiger partial charge in [0.1, 0.15) is 0 Å². The first kappa shape index (κ1) is 11.2. The Kier molecular flexibility index (Phi) is 3.31. The topological polar surface area (TPSA) is 54.9 Å². The van der Waals surface area contributed by atoms with Crippen LogP contribution in [0.4, 0.5) is 5.13 Å². The zero-order chi connectivity index (χ0) is 11.5. The van der Waals surface area contributed by atoms with Gasteiger partial charge in [0.25, 0.3) is 5.91 Å². The SMILES string of the molecule is CC(C)c1csc(NC(=O)c2nccs2)n1. The monoisotopic (exact) mass is 253 g/mol. The highest BCUT2D eigenvalue weighted by Crippen LogP contribution is 2.22. The summed E-state index contributed by atoms with van der Waals surface area (Å²) in [6.07, 6.45) is 1.61. The molecule has 2 aromatic rings. The summed E-state index contributed by atoms with van der Waals surface area (Å²) in [6.45, 7) is 4.14.